The Balaban J connectivity index is 2.50. The Labute approximate surface area is 111 Å². The van der Waals surface area contributed by atoms with Crippen molar-refractivity contribution in [2.75, 3.05) is 25.1 Å². The van der Waals surface area contributed by atoms with Crippen molar-refractivity contribution in [1.82, 2.24) is 0 Å². The summed E-state index contributed by atoms with van der Waals surface area (Å²) in [5.41, 5.74) is -0.0645. The summed E-state index contributed by atoms with van der Waals surface area (Å²) in [7, 11) is 0. The number of nitro benzene ring substituents is 1. The molecule has 0 spiro atoms. The van der Waals surface area contributed by atoms with E-state index in [4.69, 9.17) is 5.26 Å². The third-order valence-corrected chi connectivity index (χ3v) is 2.15. The number of hydrogen-bond acceptors (Lipinski definition) is 5. The van der Waals surface area contributed by atoms with Crippen molar-refractivity contribution >= 4 is 11.4 Å². The third kappa shape index (κ3) is 5.11. The van der Waals surface area contributed by atoms with Crippen molar-refractivity contribution in [1.29, 1.82) is 5.26 Å². The second kappa shape index (κ2) is 6.72. The van der Waals surface area contributed by atoms with Crippen molar-refractivity contribution < 1.29 is 22.8 Å². The Bertz CT molecular complexity index is 526. The van der Waals surface area contributed by atoms with Gasteiger partial charge in [0, 0.05) is 18.3 Å². The molecule has 0 aliphatic heterocycles. The molecule has 0 saturated heterocycles. The van der Waals surface area contributed by atoms with Gasteiger partial charge in [-0.1, -0.05) is 0 Å². The molecule has 6 nitrogen and oxygen atoms in total. The Morgan fingerprint density at radius 2 is 2.15 bits per heavy atom. The van der Waals surface area contributed by atoms with Gasteiger partial charge in [-0.05, 0) is 12.1 Å². The molecule has 108 valence electrons. The van der Waals surface area contributed by atoms with E-state index in [-0.39, 0.29) is 24.4 Å². The second-order valence-corrected chi connectivity index (χ2v) is 3.70. The van der Waals surface area contributed by atoms with Crippen LogP contribution in [0, 0.1) is 21.4 Å². The first-order valence-corrected chi connectivity index (χ1v) is 5.40. The maximum absolute atomic E-state index is 11.8. The van der Waals surface area contributed by atoms with Crippen LogP contribution in [0.4, 0.5) is 24.5 Å². The van der Waals surface area contributed by atoms with Gasteiger partial charge < -0.3 is 10.1 Å². The number of benzene rings is 1. The van der Waals surface area contributed by atoms with Gasteiger partial charge in [0.05, 0.1) is 11.5 Å². The lowest BCUT2D eigenvalue weighted by molar-refractivity contribution is -0.385. The van der Waals surface area contributed by atoms with Gasteiger partial charge in [-0.25, -0.2) is 0 Å². The lowest BCUT2D eigenvalue weighted by Gasteiger charge is -2.09. The lowest BCUT2D eigenvalue weighted by atomic mass is 10.2. The zero-order chi connectivity index (χ0) is 15.2. The number of nitrogens with one attached hydrogen (secondary N) is 1. The van der Waals surface area contributed by atoms with Crippen molar-refractivity contribution in [2.24, 2.45) is 0 Å². The first-order valence-electron chi connectivity index (χ1n) is 5.40. The fourth-order valence-electron chi connectivity index (χ4n) is 1.35. The van der Waals surface area contributed by atoms with Crippen molar-refractivity contribution in [3.8, 4) is 6.07 Å². The Hall–Kier alpha value is -2.34. The van der Waals surface area contributed by atoms with E-state index in [0.717, 1.165) is 6.07 Å². The molecule has 20 heavy (non-hydrogen) atoms. The lowest BCUT2D eigenvalue weighted by Crippen LogP contribution is -2.20. The number of rotatable bonds is 6. The highest BCUT2D eigenvalue weighted by atomic mass is 19.4. The fraction of sp³-hybridized carbons (Fsp3) is 0.364. The van der Waals surface area contributed by atoms with E-state index in [1.54, 1.807) is 6.07 Å². The average molecular weight is 289 g/mol. The van der Waals surface area contributed by atoms with E-state index >= 15 is 0 Å². The number of nitrogens with zero attached hydrogens (tertiary/aromatic N) is 2. The normalized spacial score (nSPS) is 10.9. The summed E-state index contributed by atoms with van der Waals surface area (Å²) in [5, 5.41) is 22.1. The topological polar surface area (TPSA) is 88.2 Å². The van der Waals surface area contributed by atoms with Gasteiger partial charge in [0.25, 0.3) is 5.69 Å². The average Bonchev–Trinajstić information content (AvgIpc) is 2.36. The third-order valence-electron chi connectivity index (χ3n) is 2.15. The molecule has 1 rings (SSSR count). The van der Waals surface area contributed by atoms with Crippen LogP contribution in [-0.4, -0.2) is 30.9 Å². The summed E-state index contributed by atoms with van der Waals surface area (Å²) >= 11 is 0. The quantitative estimate of drug-likeness (QED) is 0.493. The summed E-state index contributed by atoms with van der Waals surface area (Å²) in [4.78, 5) is 9.91. The van der Waals surface area contributed by atoms with E-state index in [2.05, 4.69) is 10.1 Å². The molecule has 0 fully saturated rings. The number of alkyl halides is 3. The SMILES string of the molecule is N#Cc1cc(NCCOCC(F)(F)F)ccc1[N+](=O)[O-]. The number of halogens is 3. The van der Waals surface area contributed by atoms with Crippen LogP contribution < -0.4 is 5.32 Å². The molecule has 0 atom stereocenters. The van der Waals surface area contributed by atoms with E-state index in [1.807, 2.05) is 0 Å². The van der Waals surface area contributed by atoms with Crippen LogP contribution in [0.2, 0.25) is 0 Å². The standard InChI is InChI=1S/C11H10F3N3O3/c12-11(13,14)7-20-4-3-16-9-1-2-10(17(18)19)8(5-9)6-15/h1-2,5,16H,3-4,7H2. The van der Waals surface area contributed by atoms with Gasteiger partial charge in [-0.3, -0.25) is 10.1 Å². The first kappa shape index (κ1) is 15.7. The van der Waals surface area contributed by atoms with Crippen LogP contribution in [0.5, 0.6) is 0 Å². The predicted octanol–water partition coefficient (Wildman–Crippen LogP) is 2.46. The van der Waals surface area contributed by atoms with Crippen molar-refractivity contribution in [3.05, 3.63) is 33.9 Å². The summed E-state index contributed by atoms with van der Waals surface area (Å²) in [6.45, 7) is -1.43. The van der Waals surface area contributed by atoms with Gasteiger partial charge >= 0.3 is 6.18 Å². The van der Waals surface area contributed by atoms with Crippen molar-refractivity contribution in [2.45, 2.75) is 6.18 Å². The van der Waals surface area contributed by atoms with Crippen LogP contribution in [-0.2, 0) is 4.74 Å². The maximum atomic E-state index is 11.8. The van der Waals surface area contributed by atoms with E-state index < -0.39 is 17.7 Å². The summed E-state index contributed by atoms with van der Waals surface area (Å²) in [6, 6.07) is 5.44. The first-order chi connectivity index (χ1) is 9.33. The summed E-state index contributed by atoms with van der Waals surface area (Å²) < 4.78 is 39.7. The van der Waals surface area contributed by atoms with Gasteiger partial charge in [-0.2, -0.15) is 18.4 Å². The molecule has 0 amide bonds. The number of hydrogen-bond donors (Lipinski definition) is 1. The Morgan fingerprint density at radius 3 is 2.70 bits per heavy atom. The molecule has 0 unspecified atom stereocenters. The zero-order valence-electron chi connectivity index (χ0n) is 10.1. The van der Waals surface area contributed by atoms with Crippen LogP contribution in [0.1, 0.15) is 5.56 Å². The molecule has 0 saturated carbocycles. The van der Waals surface area contributed by atoms with E-state index in [1.165, 1.54) is 12.1 Å². The monoisotopic (exact) mass is 289 g/mol. The fourth-order valence-corrected chi connectivity index (χ4v) is 1.35. The molecule has 0 bridgehead atoms. The van der Waals surface area contributed by atoms with E-state index in [9.17, 15) is 23.3 Å². The maximum Gasteiger partial charge on any atom is 0.411 e. The molecule has 0 aliphatic rings. The van der Waals surface area contributed by atoms with Crippen LogP contribution in [0.15, 0.2) is 18.2 Å². The number of nitro groups is 1. The number of ether oxygens (including phenoxy) is 1. The molecular formula is C11H10F3N3O3. The molecule has 1 N–H and O–H groups in total. The minimum atomic E-state index is -4.37. The zero-order valence-corrected chi connectivity index (χ0v) is 10.1. The van der Waals surface area contributed by atoms with Gasteiger partial charge in [0.15, 0.2) is 0 Å². The summed E-state index contributed by atoms with van der Waals surface area (Å²) in [6.07, 6.45) is -4.37. The van der Waals surface area contributed by atoms with Gasteiger partial charge in [0.2, 0.25) is 0 Å². The minimum absolute atomic E-state index is 0.0821. The van der Waals surface area contributed by atoms with Crippen LogP contribution in [0.25, 0.3) is 0 Å². The molecule has 1 aromatic rings. The minimum Gasteiger partial charge on any atom is -0.383 e. The molecule has 0 heterocycles. The number of anilines is 1. The highest BCUT2D eigenvalue weighted by Crippen LogP contribution is 2.21. The predicted molar refractivity (Wildman–Crippen MR) is 63.2 cm³/mol. The van der Waals surface area contributed by atoms with E-state index in [0.29, 0.717) is 5.69 Å². The van der Waals surface area contributed by atoms with Gasteiger partial charge in [-0.15, -0.1) is 0 Å². The molecular weight excluding hydrogens is 279 g/mol. The summed E-state index contributed by atoms with van der Waals surface area (Å²) in [5.74, 6) is 0. The molecule has 0 radical (unpaired) electrons. The van der Waals surface area contributed by atoms with Crippen molar-refractivity contribution in [3.63, 3.8) is 0 Å². The van der Waals surface area contributed by atoms with Gasteiger partial charge in [0.1, 0.15) is 18.2 Å². The largest absolute Gasteiger partial charge is 0.411 e. The smallest absolute Gasteiger partial charge is 0.383 e. The molecule has 0 aromatic heterocycles. The molecule has 1 aromatic carbocycles. The Morgan fingerprint density at radius 1 is 1.45 bits per heavy atom. The molecule has 0 aliphatic carbocycles. The highest BCUT2D eigenvalue weighted by molar-refractivity contribution is 5.58. The van der Waals surface area contributed by atoms with Crippen LogP contribution in [0.3, 0.4) is 0 Å². The van der Waals surface area contributed by atoms with Crippen LogP contribution >= 0.6 is 0 Å². The molecule has 9 heteroatoms. The number of nitriles is 1. The highest BCUT2D eigenvalue weighted by Gasteiger charge is 2.27. The Kier molecular flexibility index (Phi) is 5.28. The second-order valence-electron chi connectivity index (χ2n) is 3.70.